The SMILES string of the molecule is CCN(CC)S(=O)(=O)NCC(N)c1ccccc1. The van der Waals surface area contributed by atoms with Crippen LogP contribution in [0, 0.1) is 0 Å². The van der Waals surface area contributed by atoms with E-state index in [-0.39, 0.29) is 12.6 Å². The fourth-order valence-electron chi connectivity index (χ4n) is 1.67. The van der Waals surface area contributed by atoms with Gasteiger partial charge in [0.1, 0.15) is 0 Å². The highest BCUT2D eigenvalue weighted by Crippen LogP contribution is 2.08. The van der Waals surface area contributed by atoms with Crippen LogP contribution in [0.1, 0.15) is 25.5 Å². The largest absolute Gasteiger partial charge is 0.323 e. The van der Waals surface area contributed by atoms with Crippen LogP contribution in [-0.4, -0.2) is 32.4 Å². The molecular weight excluding hydrogens is 250 g/mol. The molecule has 0 fully saturated rings. The second kappa shape index (κ2) is 6.84. The van der Waals surface area contributed by atoms with Gasteiger partial charge >= 0.3 is 0 Å². The van der Waals surface area contributed by atoms with E-state index in [0.717, 1.165) is 5.56 Å². The lowest BCUT2D eigenvalue weighted by atomic mass is 10.1. The molecule has 0 bridgehead atoms. The monoisotopic (exact) mass is 271 g/mol. The fraction of sp³-hybridized carbons (Fsp3) is 0.500. The molecule has 1 rings (SSSR count). The predicted octanol–water partition coefficient (Wildman–Crippen LogP) is 0.863. The topological polar surface area (TPSA) is 75.4 Å². The Hall–Kier alpha value is -0.950. The van der Waals surface area contributed by atoms with Gasteiger partial charge in [-0.05, 0) is 5.56 Å². The molecule has 0 aromatic heterocycles. The first-order valence-electron chi connectivity index (χ1n) is 6.06. The molecule has 0 heterocycles. The molecule has 5 nitrogen and oxygen atoms in total. The summed E-state index contributed by atoms with van der Waals surface area (Å²) in [7, 11) is -3.42. The van der Waals surface area contributed by atoms with Gasteiger partial charge in [0.05, 0.1) is 0 Å². The number of benzene rings is 1. The van der Waals surface area contributed by atoms with Gasteiger partial charge in [-0.15, -0.1) is 0 Å². The first kappa shape index (κ1) is 15.1. The zero-order valence-electron chi connectivity index (χ0n) is 10.8. The summed E-state index contributed by atoms with van der Waals surface area (Å²) >= 11 is 0. The molecule has 0 amide bonds. The van der Waals surface area contributed by atoms with Crippen molar-refractivity contribution in [2.45, 2.75) is 19.9 Å². The maximum Gasteiger partial charge on any atom is 0.279 e. The van der Waals surface area contributed by atoms with Crippen molar-refractivity contribution in [1.82, 2.24) is 9.03 Å². The highest BCUT2D eigenvalue weighted by atomic mass is 32.2. The van der Waals surface area contributed by atoms with E-state index in [1.807, 2.05) is 30.3 Å². The van der Waals surface area contributed by atoms with Crippen LogP contribution in [0.5, 0.6) is 0 Å². The third-order valence-corrected chi connectivity index (χ3v) is 4.49. The molecule has 0 radical (unpaired) electrons. The Labute approximate surface area is 109 Å². The smallest absolute Gasteiger partial charge is 0.279 e. The van der Waals surface area contributed by atoms with E-state index in [2.05, 4.69) is 4.72 Å². The van der Waals surface area contributed by atoms with Gasteiger partial charge < -0.3 is 5.73 Å². The average Bonchev–Trinajstić information content (AvgIpc) is 2.38. The molecule has 6 heteroatoms. The fourth-order valence-corrected chi connectivity index (χ4v) is 2.92. The molecule has 0 aliphatic carbocycles. The van der Waals surface area contributed by atoms with Crippen molar-refractivity contribution >= 4 is 10.2 Å². The van der Waals surface area contributed by atoms with Crippen molar-refractivity contribution in [3.05, 3.63) is 35.9 Å². The number of hydrogen-bond acceptors (Lipinski definition) is 3. The van der Waals surface area contributed by atoms with Crippen LogP contribution >= 0.6 is 0 Å². The van der Waals surface area contributed by atoms with Crippen molar-refractivity contribution < 1.29 is 8.42 Å². The Morgan fingerprint density at radius 1 is 1.22 bits per heavy atom. The zero-order valence-corrected chi connectivity index (χ0v) is 11.7. The summed E-state index contributed by atoms with van der Waals surface area (Å²) in [6.45, 7) is 4.71. The van der Waals surface area contributed by atoms with Crippen LogP contribution in [0.15, 0.2) is 30.3 Å². The minimum atomic E-state index is -3.42. The van der Waals surface area contributed by atoms with E-state index in [1.54, 1.807) is 13.8 Å². The summed E-state index contributed by atoms with van der Waals surface area (Å²) in [4.78, 5) is 0. The molecule has 18 heavy (non-hydrogen) atoms. The lowest BCUT2D eigenvalue weighted by molar-refractivity contribution is 0.432. The lowest BCUT2D eigenvalue weighted by Gasteiger charge is -2.20. The summed E-state index contributed by atoms with van der Waals surface area (Å²) in [6.07, 6.45) is 0. The van der Waals surface area contributed by atoms with E-state index >= 15 is 0 Å². The molecule has 1 atom stereocenters. The second-order valence-electron chi connectivity index (χ2n) is 3.95. The molecule has 0 saturated carbocycles. The van der Waals surface area contributed by atoms with Crippen molar-refractivity contribution in [3.63, 3.8) is 0 Å². The Morgan fingerprint density at radius 2 is 1.78 bits per heavy atom. The van der Waals surface area contributed by atoms with Crippen molar-refractivity contribution in [3.8, 4) is 0 Å². The molecule has 1 aromatic carbocycles. The number of nitrogens with two attached hydrogens (primary N) is 1. The van der Waals surface area contributed by atoms with Gasteiger partial charge in [0, 0.05) is 25.7 Å². The van der Waals surface area contributed by atoms with E-state index in [4.69, 9.17) is 5.73 Å². The van der Waals surface area contributed by atoms with E-state index < -0.39 is 10.2 Å². The molecule has 0 spiro atoms. The number of nitrogens with zero attached hydrogens (tertiary/aromatic N) is 1. The summed E-state index contributed by atoms with van der Waals surface area (Å²) in [5, 5.41) is 0. The first-order valence-corrected chi connectivity index (χ1v) is 7.50. The van der Waals surface area contributed by atoms with Gasteiger partial charge in [0.2, 0.25) is 0 Å². The minimum Gasteiger partial charge on any atom is -0.323 e. The van der Waals surface area contributed by atoms with E-state index in [0.29, 0.717) is 13.1 Å². The van der Waals surface area contributed by atoms with E-state index in [1.165, 1.54) is 4.31 Å². The molecule has 3 N–H and O–H groups in total. The Morgan fingerprint density at radius 3 is 2.28 bits per heavy atom. The molecular formula is C12H21N3O2S. The maximum atomic E-state index is 11.9. The summed E-state index contributed by atoms with van der Waals surface area (Å²) in [5.74, 6) is 0. The second-order valence-corrected chi connectivity index (χ2v) is 5.71. The van der Waals surface area contributed by atoms with Gasteiger partial charge in [0.25, 0.3) is 10.2 Å². The van der Waals surface area contributed by atoms with Crippen LogP contribution in [0.2, 0.25) is 0 Å². The molecule has 0 aliphatic rings. The quantitative estimate of drug-likeness (QED) is 0.772. The van der Waals surface area contributed by atoms with Gasteiger partial charge in [-0.3, -0.25) is 0 Å². The predicted molar refractivity (Wildman–Crippen MR) is 73.2 cm³/mol. The van der Waals surface area contributed by atoms with Crippen molar-refractivity contribution in [2.75, 3.05) is 19.6 Å². The highest BCUT2D eigenvalue weighted by molar-refractivity contribution is 7.87. The molecule has 0 saturated heterocycles. The number of hydrogen-bond donors (Lipinski definition) is 2. The molecule has 102 valence electrons. The number of nitrogens with one attached hydrogen (secondary N) is 1. The van der Waals surface area contributed by atoms with Crippen LogP contribution in [0.25, 0.3) is 0 Å². The zero-order chi connectivity index (χ0) is 13.6. The van der Waals surface area contributed by atoms with Crippen LogP contribution < -0.4 is 10.5 Å². The number of rotatable bonds is 7. The van der Waals surface area contributed by atoms with Crippen LogP contribution in [0.4, 0.5) is 0 Å². The van der Waals surface area contributed by atoms with Crippen LogP contribution in [-0.2, 0) is 10.2 Å². The van der Waals surface area contributed by atoms with Gasteiger partial charge in [-0.1, -0.05) is 44.2 Å². The average molecular weight is 271 g/mol. The first-order chi connectivity index (χ1) is 8.51. The highest BCUT2D eigenvalue weighted by Gasteiger charge is 2.19. The van der Waals surface area contributed by atoms with Crippen LogP contribution in [0.3, 0.4) is 0 Å². The Kier molecular flexibility index (Phi) is 5.74. The van der Waals surface area contributed by atoms with Gasteiger partial charge in [-0.25, -0.2) is 4.72 Å². The summed E-state index contributed by atoms with van der Waals surface area (Å²) in [5.41, 5.74) is 6.86. The minimum absolute atomic E-state index is 0.197. The summed E-state index contributed by atoms with van der Waals surface area (Å²) < 4.78 is 27.7. The lowest BCUT2D eigenvalue weighted by Crippen LogP contribution is -2.43. The normalized spacial score (nSPS) is 13.8. The third kappa shape index (κ3) is 4.06. The Bertz CT molecular complexity index is 444. The Balaban J connectivity index is 2.60. The van der Waals surface area contributed by atoms with Gasteiger partial charge in [-0.2, -0.15) is 12.7 Å². The van der Waals surface area contributed by atoms with Crippen molar-refractivity contribution in [2.24, 2.45) is 5.73 Å². The standard InChI is InChI=1S/C12H21N3O2S/c1-3-15(4-2)18(16,17)14-10-12(13)11-8-6-5-7-9-11/h5-9,12,14H,3-4,10,13H2,1-2H3. The molecule has 0 aliphatic heterocycles. The maximum absolute atomic E-state index is 11.9. The molecule has 1 aromatic rings. The summed E-state index contributed by atoms with van der Waals surface area (Å²) in [6, 6.07) is 9.10. The van der Waals surface area contributed by atoms with E-state index in [9.17, 15) is 8.42 Å². The van der Waals surface area contributed by atoms with Gasteiger partial charge in [0.15, 0.2) is 0 Å². The molecule has 1 unspecified atom stereocenters. The van der Waals surface area contributed by atoms with Crippen molar-refractivity contribution in [1.29, 1.82) is 0 Å². The third-order valence-electron chi connectivity index (χ3n) is 2.76.